The van der Waals surface area contributed by atoms with Crippen molar-refractivity contribution in [2.45, 2.75) is 71.3 Å². The Kier molecular flexibility index (Phi) is 7.29. The molecule has 0 heterocycles. The van der Waals surface area contributed by atoms with Crippen molar-refractivity contribution in [3.8, 4) is 0 Å². The molecule has 1 fully saturated rings. The normalized spacial score (nSPS) is 15.8. The smallest absolute Gasteiger partial charge is 0.251 e. The highest BCUT2D eigenvalue weighted by Crippen LogP contribution is 2.18. The first-order valence-electron chi connectivity index (χ1n) is 9.35. The summed E-state index contributed by atoms with van der Waals surface area (Å²) in [6, 6.07) is 7.49. The number of nitrogens with one attached hydrogen (secondary N) is 2. The number of hydrogen-bond acceptors (Lipinski definition) is 2. The van der Waals surface area contributed by atoms with Crippen LogP contribution in [0, 0.1) is 5.92 Å². The number of benzene rings is 1. The van der Waals surface area contributed by atoms with E-state index < -0.39 is 0 Å². The Morgan fingerprint density at radius 3 is 2.12 bits per heavy atom. The van der Waals surface area contributed by atoms with Crippen LogP contribution < -0.4 is 10.6 Å². The van der Waals surface area contributed by atoms with E-state index in [1.165, 1.54) is 25.7 Å². The van der Waals surface area contributed by atoms with Gasteiger partial charge in [-0.15, -0.1) is 0 Å². The maximum absolute atomic E-state index is 12.4. The predicted molar refractivity (Wildman–Crippen MR) is 98.1 cm³/mol. The molecule has 4 nitrogen and oxygen atoms in total. The molecule has 1 saturated carbocycles. The fourth-order valence-corrected chi connectivity index (χ4v) is 3.30. The second kappa shape index (κ2) is 9.45. The van der Waals surface area contributed by atoms with Gasteiger partial charge in [0.2, 0.25) is 5.91 Å². The Morgan fingerprint density at radius 1 is 1.00 bits per heavy atom. The Labute approximate surface area is 145 Å². The van der Waals surface area contributed by atoms with E-state index in [9.17, 15) is 9.59 Å². The molecule has 1 aliphatic rings. The van der Waals surface area contributed by atoms with Crippen molar-refractivity contribution in [3.63, 3.8) is 0 Å². The van der Waals surface area contributed by atoms with Crippen LogP contribution in [0.15, 0.2) is 24.3 Å². The van der Waals surface area contributed by atoms with Crippen LogP contribution in [-0.4, -0.2) is 17.9 Å². The van der Waals surface area contributed by atoms with Gasteiger partial charge in [0.05, 0.1) is 0 Å². The first-order valence-corrected chi connectivity index (χ1v) is 9.35. The molecule has 4 heteroatoms. The largest absolute Gasteiger partial charge is 0.349 e. The van der Waals surface area contributed by atoms with E-state index >= 15 is 0 Å². The van der Waals surface area contributed by atoms with Gasteiger partial charge in [-0.3, -0.25) is 9.59 Å². The molecule has 1 aromatic carbocycles. The topological polar surface area (TPSA) is 58.2 Å². The summed E-state index contributed by atoms with van der Waals surface area (Å²) in [5.41, 5.74) is 1.40. The molecule has 24 heavy (non-hydrogen) atoms. The standard InChI is InChI=1S/C20H30N2O2/c1-3-15(4-2)19(23)22-18-13-11-16(12-14-18)20(24)21-17-9-7-5-6-8-10-17/h11-15,17H,3-10H2,1-2H3,(H,21,24)(H,22,23). The lowest BCUT2D eigenvalue weighted by Crippen LogP contribution is -2.34. The lowest BCUT2D eigenvalue weighted by molar-refractivity contribution is -0.120. The van der Waals surface area contributed by atoms with Crippen molar-refractivity contribution in [2.24, 2.45) is 5.92 Å². The summed E-state index contributed by atoms with van der Waals surface area (Å²) in [6.07, 6.45) is 8.78. The minimum atomic E-state index is -0.0141. The lowest BCUT2D eigenvalue weighted by atomic mass is 10.0. The molecule has 2 rings (SSSR count). The third-order valence-corrected chi connectivity index (χ3v) is 4.96. The van der Waals surface area contributed by atoms with Gasteiger partial charge in [-0.1, -0.05) is 39.5 Å². The number of anilines is 1. The second-order valence-electron chi connectivity index (χ2n) is 6.74. The van der Waals surface area contributed by atoms with E-state index in [0.717, 1.165) is 31.4 Å². The van der Waals surface area contributed by atoms with Crippen molar-refractivity contribution < 1.29 is 9.59 Å². The predicted octanol–water partition coefficient (Wildman–Crippen LogP) is 4.51. The van der Waals surface area contributed by atoms with Crippen LogP contribution in [0.25, 0.3) is 0 Å². The van der Waals surface area contributed by atoms with E-state index in [-0.39, 0.29) is 17.7 Å². The zero-order chi connectivity index (χ0) is 17.4. The van der Waals surface area contributed by atoms with Crippen LogP contribution in [0.5, 0.6) is 0 Å². The third-order valence-electron chi connectivity index (χ3n) is 4.96. The Hall–Kier alpha value is -1.84. The molecule has 0 bridgehead atoms. The van der Waals surface area contributed by atoms with Gasteiger partial charge < -0.3 is 10.6 Å². The van der Waals surface area contributed by atoms with E-state index in [1.54, 1.807) is 12.1 Å². The van der Waals surface area contributed by atoms with Crippen LogP contribution in [0.1, 0.15) is 75.6 Å². The van der Waals surface area contributed by atoms with Gasteiger partial charge in [0.15, 0.2) is 0 Å². The first kappa shape index (κ1) is 18.5. The fraction of sp³-hybridized carbons (Fsp3) is 0.600. The fourth-order valence-electron chi connectivity index (χ4n) is 3.30. The first-order chi connectivity index (χ1) is 11.6. The molecule has 1 aliphatic carbocycles. The van der Waals surface area contributed by atoms with E-state index in [4.69, 9.17) is 0 Å². The highest BCUT2D eigenvalue weighted by atomic mass is 16.2. The molecular formula is C20H30N2O2. The molecule has 0 saturated heterocycles. The average Bonchev–Trinajstić information content (AvgIpc) is 2.85. The van der Waals surface area contributed by atoms with E-state index in [1.807, 2.05) is 26.0 Å². The van der Waals surface area contributed by atoms with Crippen LogP contribution in [0.2, 0.25) is 0 Å². The Bertz CT molecular complexity index is 527. The number of carbonyl (C=O) groups excluding carboxylic acids is 2. The molecule has 0 spiro atoms. The van der Waals surface area contributed by atoms with Gasteiger partial charge in [-0.05, 0) is 49.9 Å². The molecule has 0 radical (unpaired) electrons. The third kappa shape index (κ3) is 5.36. The summed E-state index contributed by atoms with van der Waals surface area (Å²) < 4.78 is 0. The SMILES string of the molecule is CCC(CC)C(=O)Nc1ccc(C(=O)NC2CCCCCC2)cc1. The van der Waals surface area contributed by atoms with Crippen molar-refractivity contribution >= 4 is 17.5 Å². The second-order valence-corrected chi connectivity index (χ2v) is 6.74. The maximum Gasteiger partial charge on any atom is 0.251 e. The van der Waals surface area contributed by atoms with Gasteiger partial charge in [-0.25, -0.2) is 0 Å². The zero-order valence-electron chi connectivity index (χ0n) is 14.9. The molecule has 0 atom stereocenters. The number of rotatable bonds is 6. The van der Waals surface area contributed by atoms with Crippen LogP contribution in [-0.2, 0) is 4.79 Å². The molecule has 0 aromatic heterocycles. The molecule has 1 aromatic rings. The Morgan fingerprint density at radius 2 is 1.58 bits per heavy atom. The monoisotopic (exact) mass is 330 g/mol. The van der Waals surface area contributed by atoms with Crippen molar-refractivity contribution in [3.05, 3.63) is 29.8 Å². The van der Waals surface area contributed by atoms with E-state index in [0.29, 0.717) is 11.6 Å². The molecule has 132 valence electrons. The highest BCUT2D eigenvalue weighted by molar-refractivity contribution is 5.96. The molecule has 0 unspecified atom stereocenters. The number of hydrogen-bond donors (Lipinski definition) is 2. The summed E-state index contributed by atoms with van der Waals surface area (Å²) in [6.45, 7) is 4.05. The zero-order valence-corrected chi connectivity index (χ0v) is 14.9. The summed E-state index contributed by atoms with van der Waals surface area (Å²) >= 11 is 0. The number of amides is 2. The number of carbonyl (C=O) groups is 2. The van der Waals surface area contributed by atoms with Gasteiger partial charge in [0.1, 0.15) is 0 Å². The summed E-state index contributed by atoms with van der Waals surface area (Å²) in [5.74, 6) is 0.0821. The van der Waals surface area contributed by atoms with Gasteiger partial charge in [-0.2, -0.15) is 0 Å². The molecule has 2 N–H and O–H groups in total. The minimum absolute atomic E-state index is 0.0141. The maximum atomic E-state index is 12.4. The summed E-state index contributed by atoms with van der Waals surface area (Å²) in [7, 11) is 0. The Balaban J connectivity index is 1.90. The lowest BCUT2D eigenvalue weighted by Gasteiger charge is -2.16. The van der Waals surface area contributed by atoms with Gasteiger partial charge in [0, 0.05) is 23.2 Å². The van der Waals surface area contributed by atoms with Crippen molar-refractivity contribution in [1.29, 1.82) is 0 Å². The van der Waals surface area contributed by atoms with Crippen LogP contribution in [0.3, 0.4) is 0 Å². The quantitative estimate of drug-likeness (QED) is 0.754. The molecule has 0 aliphatic heterocycles. The highest BCUT2D eigenvalue weighted by Gasteiger charge is 2.17. The average molecular weight is 330 g/mol. The summed E-state index contributed by atoms with van der Waals surface area (Å²) in [5, 5.41) is 6.07. The van der Waals surface area contributed by atoms with E-state index in [2.05, 4.69) is 10.6 Å². The van der Waals surface area contributed by atoms with Crippen LogP contribution >= 0.6 is 0 Å². The van der Waals surface area contributed by atoms with Crippen LogP contribution in [0.4, 0.5) is 5.69 Å². The summed E-state index contributed by atoms with van der Waals surface area (Å²) in [4.78, 5) is 24.5. The molecular weight excluding hydrogens is 300 g/mol. The van der Waals surface area contributed by atoms with Gasteiger partial charge in [0.25, 0.3) is 5.91 Å². The molecule has 2 amide bonds. The van der Waals surface area contributed by atoms with Crippen molar-refractivity contribution in [1.82, 2.24) is 5.32 Å². The minimum Gasteiger partial charge on any atom is -0.349 e. The van der Waals surface area contributed by atoms with Gasteiger partial charge >= 0.3 is 0 Å². The van der Waals surface area contributed by atoms with Crippen molar-refractivity contribution in [2.75, 3.05) is 5.32 Å².